The van der Waals surface area contributed by atoms with Crippen LogP contribution in [-0.4, -0.2) is 49.2 Å². The molecule has 0 unspecified atom stereocenters. The van der Waals surface area contributed by atoms with Gasteiger partial charge in [-0.1, -0.05) is 12.1 Å². The predicted octanol–water partition coefficient (Wildman–Crippen LogP) is 3.37. The molecule has 0 bridgehead atoms. The zero-order valence-corrected chi connectivity index (χ0v) is 17.4. The summed E-state index contributed by atoms with van der Waals surface area (Å²) in [7, 11) is 1.58. The number of hydrogen-bond acceptors (Lipinski definition) is 7. The van der Waals surface area contributed by atoms with E-state index in [4.69, 9.17) is 9.15 Å². The van der Waals surface area contributed by atoms with Gasteiger partial charge in [0.2, 0.25) is 5.95 Å². The number of anilines is 2. The lowest BCUT2D eigenvalue weighted by atomic mass is 10.1. The highest BCUT2D eigenvalue weighted by molar-refractivity contribution is 5.97. The SMILES string of the molecule is COc1cccc2cc(C(=O)NCCNc3nc(C)cc(N4CCCCC4)n3)oc12. The number of aromatic nitrogens is 2. The normalized spacial score (nSPS) is 14.0. The zero-order chi connectivity index (χ0) is 20.9. The summed E-state index contributed by atoms with van der Waals surface area (Å²) in [5.74, 6) is 2.14. The molecule has 3 heterocycles. The van der Waals surface area contributed by atoms with E-state index in [1.807, 2.05) is 25.1 Å². The van der Waals surface area contributed by atoms with Crippen molar-refractivity contribution >= 4 is 28.6 Å². The molecule has 1 fully saturated rings. The molecule has 1 aliphatic heterocycles. The van der Waals surface area contributed by atoms with Crippen molar-refractivity contribution in [2.75, 3.05) is 43.5 Å². The van der Waals surface area contributed by atoms with Gasteiger partial charge in [0.25, 0.3) is 5.91 Å². The lowest BCUT2D eigenvalue weighted by Gasteiger charge is -2.28. The summed E-state index contributed by atoms with van der Waals surface area (Å²) in [6.07, 6.45) is 3.68. The van der Waals surface area contributed by atoms with Gasteiger partial charge in [-0.05, 0) is 38.3 Å². The Balaban J connectivity index is 1.33. The summed E-state index contributed by atoms with van der Waals surface area (Å²) in [5, 5.41) is 6.89. The van der Waals surface area contributed by atoms with E-state index in [1.54, 1.807) is 19.2 Å². The Kier molecular flexibility index (Phi) is 6.02. The zero-order valence-electron chi connectivity index (χ0n) is 17.4. The summed E-state index contributed by atoms with van der Waals surface area (Å²) in [6.45, 7) is 4.97. The minimum Gasteiger partial charge on any atom is -0.493 e. The van der Waals surface area contributed by atoms with Crippen molar-refractivity contribution in [3.8, 4) is 5.75 Å². The molecule has 2 aromatic heterocycles. The number of rotatable bonds is 7. The maximum atomic E-state index is 12.4. The first-order valence-corrected chi connectivity index (χ1v) is 10.3. The summed E-state index contributed by atoms with van der Waals surface area (Å²) in [4.78, 5) is 23.8. The van der Waals surface area contributed by atoms with Gasteiger partial charge in [0, 0.05) is 43.3 Å². The van der Waals surface area contributed by atoms with Crippen molar-refractivity contribution in [3.05, 3.63) is 41.8 Å². The summed E-state index contributed by atoms with van der Waals surface area (Å²) in [6, 6.07) is 9.29. The van der Waals surface area contributed by atoms with Gasteiger partial charge in [0.15, 0.2) is 17.1 Å². The average molecular weight is 409 g/mol. The summed E-state index contributed by atoms with van der Waals surface area (Å²) >= 11 is 0. The number of furan rings is 1. The highest BCUT2D eigenvalue weighted by Crippen LogP contribution is 2.28. The van der Waals surface area contributed by atoms with E-state index in [0.29, 0.717) is 30.4 Å². The van der Waals surface area contributed by atoms with Crippen LogP contribution in [0.5, 0.6) is 5.75 Å². The molecule has 30 heavy (non-hydrogen) atoms. The second-order valence-corrected chi connectivity index (χ2v) is 7.41. The Hall–Kier alpha value is -3.29. The largest absolute Gasteiger partial charge is 0.493 e. The van der Waals surface area contributed by atoms with Gasteiger partial charge in [-0.25, -0.2) is 4.98 Å². The van der Waals surface area contributed by atoms with Gasteiger partial charge in [0.05, 0.1) is 7.11 Å². The topological polar surface area (TPSA) is 92.5 Å². The molecule has 1 amide bonds. The second kappa shape index (κ2) is 9.02. The van der Waals surface area contributed by atoms with Crippen LogP contribution in [0, 0.1) is 6.92 Å². The highest BCUT2D eigenvalue weighted by Gasteiger charge is 2.15. The number of fused-ring (bicyclic) bond motifs is 1. The fourth-order valence-electron chi connectivity index (χ4n) is 3.66. The Labute approximate surface area is 175 Å². The van der Waals surface area contributed by atoms with Crippen LogP contribution in [0.15, 0.2) is 34.7 Å². The molecule has 1 aromatic carbocycles. The van der Waals surface area contributed by atoms with Gasteiger partial charge >= 0.3 is 0 Å². The van der Waals surface area contributed by atoms with Crippen molar-refractivity contribution in [1.82, 2.24) is 15.3 Å². The molecule has 0 spiro atoms. The third-order valence-electron chi connectivity index (χ3n) is 5.17. The van der Waals surface area contributed by atoms with E-state index in [-0.39, 0.29) is 11.7 Å². The molecule has 158 valence electrons. The summed E-state index contributed by atoms with van der Waals surface area (Å²) in [5.41, 5.74) is 1.50. The van der Waals surface area contributed by atoms with Crippen molar-refractivity contribution in [3.63, 3.8) is 0 Å². The van der Waals surface area contributed by atoms with Crippen molar-refractivity contribution in [2.24, 2.45) is 0 Å². The molecular weight excluding hydrogens is 382 g/mol. The Morgan fingerprint density at radius 3 is 2.80 bits per heavy atom. The molecule has 1 aliphatic rings. The first-order chi connectivity index (χ1) is 14.6. The first kappa shape index (κ1) is 20.0. The number of benzene rings is 1. The minimum absolute atomic E-state index is 0.258. The second-order valence-electron chi connectivity index (χ2n) is 7.41. The van der Waals surface area contributed by atoms with Crippen LogP contribution in [0.1, 0.15) is 35.5 Å². The van der Waals surface area contributed by atoms with E-state index in [9.17, 15) is 4.79 Å². The van der Waals surface area contributed by atoms with E-state index in [2.05, 4.69) is 25.5 Å². The number of amides is 1. The van der Waals surface area contributed by atoms with Crippen LogP contribution in [0.25, 0.3) is 11.0 Å². The number of methoxy groups -OCH3 is 1. The first-order valence-electron chi connectivity index (χ1n) is 10.3. The number of para-hydroxylation sites is 1. The number of ether oxygens (including phenoxy) is 1. The van der Waals surface area contributed by atoms with E-state index in [1.165, 1.54) is 19.3 Å². The Morgan fingerprint density at radius 1 is 1.17 bits per heavy atom. The third kappa shape index (κ3) is 4.48. The minimum atomic E-state index is -0.269. The summed E-state index contributed by atoms with van der Waals surface area (Å²) < 4.78 is 11.0. The van der Waals surface area contributed by atoms with Gasteiger partial charge < -0.3 is 24.7 Å². The maximum absolute atomic E-state index is 12.4. The van der Waals surface area contributed by atoms with Crippen LogP contribution in [0.4, 0.5) is 11.8 Å². The van der Waals surface area contributed by atoms with E-state index >= 15 is 0 Å². The molecule has 0 saturated carbocycles. The number of carbonyl (C=O) groups is 1. The fourth-order valence-corrected chi connectivity index (χ4v) is 3.66. The number of hydrogen-bond donors (Lipinski definition) is 2. The quantitative estimate of drug-likeness (QED) is 0.578. The number of nitrogens with one attached hydrogen (secondary N) is 2. The predicted molar refractivity (Wildman–Crippen MR) is 116 cm³/mol. The molecule has 3 aromatic rings. The van der Waals surface area contributed by atoms with Crippen LogP contribution in [-0.2, 0) is 0 Å². The monoisotopic (exact) mass is 409 g/mol. The number of nitrogens with zero attached hydrogens (tertiary/aromatic N) is 3. The highest BCUT2D eigenvalue weighted by atomic mass is 16.5. The molecule has 0 radical (unpaired) electrons. The molecule has 2 N–H and O–H groups in total. The van der Waals surface area contributed by atoms with Gasteiger partial charge in [-0.3, -0.25) is 4.79 Å². The molecular formula is C22H27N5O3. The maximum Gasteiger partial charge on any atom is 0.287 e. The average Bonchev–Trinajstić information content (AvgIpc) is 3.21. The number of piperidine rings is 1. The van der Waals surface area contributed by atoms with Gasteiger partial charge in [-0.2, -0.15) is 4.98 Å². The number of aryl methyl sites for hydroxylation is 1. The lowest BCUT2D eigenvalue weighted by molar-refractivity contribution is 0.0929. The molecule has 8 heteroatoms. The molecule has 1 saturated heterocycles. The standard InChI is InChI=1S/C22H27N5O3/c1-15-13-19(27-11-4-3-5-12-27)26-22(25-15)24-10-9-23-21(28)18-14-16-7-6-8-17(29-2)20(16)30-18/h6-8,13-14H,3-5,9-12H2,1-2H3,(H,23,28)(H,24,25,26). The molecule has 0 atom stereocenters. The van der Waals surface area contributed by atoms with Crippen molar-refractivity contribution < 1.29 is 13.9 Å². The molecule has 0 aliphatic carbocycles. The van der Waals surface area contributed by atoms with Crippen LogP contribution >= 0.6 is 0 Å². The van der Waals surface area contributed by atoms with Crippen LogP contribution < -0.4 is 20.3 Å². The number of carbonyl (C=O) groups excluding carboxylic acids is 1. The van der Waals surface area contributed by atoms with E-state index < -0.39 is 0 Å². The molecule has 8 nitrogen and oxygen atoms in total. The third-order valence-corrected chi connectivity index (χ3v) is 5.17. The van der Waals surface area contributed by atoms with E-state index in [0.717, 1.165) is 30.0 Å². The van der Waals surface area contributed by atoms with Crippen LogP contribution in [0.3, 0.4) is 0 Å². The fraction of sp³-hybridized carbons (Fsp3) is 0.409. The molecule has 4 rings (SSSR count). The Bertz CT molecular complexity index is 1030. The van der Waals surface area contributed by atoms with Gasteiger partial charge in [0.1, 0.15) is 5.82 Å². The Morgan fingerprint density at radius 2 is 2.00 bits per heavy atom. The van der Waals surface area contributed by atoms with Crippen molar-refractivity contribution in [2.45, 2.75) is 26.2 Å². The smallest absolute Gasteiger partial charge is 0.287 e. The van der Waals surface area contributed by atoms with Crippen molar-refractivity contribution in [1.29, 1.82) is 0 Å². The van der Waals surface area contributed by atoms with Crippen LogP contribution in [0.2, 0.25) is 0 Å². The lowest BCUT2D eigenvalue weighted by Crippen LogP contribution is -2.31. The van der Waals surface area contributed by atoms with Gasteiger partial charge in [-0.15, -0.1) is 0 Å².